The normalized spacial score (nSPS) is 10.3. The number of nitrogens with two attached hydrogens (primary N) is 1. The molecule has 1 heterocycles. The van der Waals surface area contributed by atoms with E-state index in [0.717, 1.165) is 5.69 Å². The van der Waals surface area contributed by atoms with Crippen molar-refractivity contribution >= 4 is 5.91 Å². The first-order valence-electron chi connectivity index (χ1n) is 5.03. The molecule has 4 nitrogen and oxygen atoms in total. The van der Waals surface area contributed by atoms with Crippen molar-refractivity contribution in [3.8, 4) is 5.69 Å². The van der Waals surface area contributed by atoms with Crippen LogP contribution in [0.1, 0.15) is 11.3 Å². The molecule has 16 heavy (non-hydrogen) atoms. The first kappa shape index (κ1) is 10.4. The molecule has 0 radical (unpaired) electrons. The Morgan fingerprint density at radius 2 is 2.31 bits per heavy atom. The number of hydrogen-bond donors (Lipinski definition) is 1. The summed E-state index contributed by atoms with van der Waals surface area (Å²) in [4.78, 5) is 14.9. The summed E-state index contributed by atoms with van der Waals surface area (Å²) in [6.07, 6.45) is 3.69. The maximum absolute atomic E-state index is 10.7. The molecule has 0 atom stereocenters. The molecule has 0 bridgehead atoms. The second kappa shape index (κ2) is 4.18. The smallest absolute Gasteiger partial charge is 0.223 e. The fraction of sp³-hybridized carbons (Fsp3) is 0.167. The van der Waals surface area contributed by atoms with Gasteiger partial charge in [-0.2, -0.15) is 0 Å². The first-order valence-corrected chi connectivity index (χ1v) is 5.03. The van der Waals surface area contributed by atoms with E-state index in [-0.39, 0.29) is 12.3 Å². The largest absolute Gasteiger partial charge is 0.369 e. The van der Waals surface area contributed by atoms with Gasteiger partial charge in [-0.3, -0.25) is 4.79 Å². The van der Waals surface area contributed by atoms with Gasteiger partial charge in [0, 0.05) is 11.9 Å². The van der Waals surface area contributed by atoms with Crippen LogP contribution >= 0.6 is 0 Å². The second-order valence-electron chi connectivity index (χ2n) is 3.75. The maximum atomic E-state index is 10.7. The van der Waals surface area contributed by atoms with Crippen molar-refractivity contribution in [2.24, 2.45) is 5.73 Å². The first-order chi connectivity index (χ1) is 7.65. The summed E-state index contributed by atoms with van der Waals surface area (Å²) in [5.41, 5.74) is 8.01. The van der Waals surface area contributed by atoms with E-state index in [2.05, 4.69) is 11.1 Å². The van der Waals surface area contributed by atoms with Gasteiger partial charge >= 0.3 is 0 Å². The van der Waals surface area contributed by atoms with Gasteiger partial charge in [-0.05, 0) is 24.6 Å². The van der Waals surface area contributed by atoms with E-state index in [1.807, 2.05) is 35.9 Å². The van der Waals surface area contributed by atoms with Crippen molar-refractivity contribution in [3.63, 3.8) is 0 Å². The van der Waals surface area contributed by atoms with E-state index in [9.17, 15) is 4.79 Å². The fourth-order valence-electron chi connectivity index (χ4n) is 1.56. The summed E-state index contributed by atoms with van der Waals surface area (Å²) < 4.78 is 1.88. The number of amides is 1. The summed E-state index contributed by atoms with van der Waals surface area (Å²) in [7, 11) is 0. The third-order valence-electron chi connectivity index (χ3n) is 2.29. The number of aromatic nitrogens is 2. The molecule has 1 aromatic carbocycles. The Kier molecular flexibility index (Phi) is 2.72. The maximum Gasteiger partial charge on any atom is 0.223 e. The number of carbonyl (C=O) groups is 1. The lowest BCUT2D eigenvalue weighted by Crippen LogP contribution is -2.13. The lowest BCUT2D eigenvalue weighted by Gasteiger charge is -2.02. The molecular formula is C12H13N3O. The average Bonchev–Trinajstić information content (AvgIpc) is 2.65. The zero-order chi connectivity index (χ0) is 11.5. The van der Waals surface area contributed by atoms with Crippen molar-refractivity contribution in [3.05, 3.63) is 48.0 Å². The number of aryl methyl sites for hydroxylation is 1. The molecule has 2 rings (SSSR count). The topological polar surface area (TPSA) is 60.9 Å². The zero-order valence-corrected chi connectivity index (χ0v) is 9.05. The molecular weight excluding hydrogens is 202 g/mol. The standard InChI is InChI=1S/C12H13N3O/c1-9-3-2-4-11(5-9)15-7-10(14-8-15)6-12(13)16/h2-5,7-8H,6H2,1H3,(H2,13,16). The van der Waals surface area contributed by atoms with E-state index < -0.39 is 0 Å². The van der Waals surface area contributed by atoms with Gasteiger partial charge in [0.05, 0.1) is 18.4 Å². The summed E-state index contributed by atoms with van der Waals surface area (Å²) in [5.74, 6) is -0.366. The van der Waals surface area contributed by atoms with Gasteiger partial charge < -0.3 is 10.3 Å². The highest BCUT2D eigenvalue weighted by molar-refractivity contribution is 5.76. The van der Waals surface area contributed by atoms with Gasteiger partial charge in [-0.25, -0.2) is 4.98 Å². The zero-order valence-electron chi connectivity index (χ0n) is 9.05. The number of carbonyl (C=O) groups excluding carboxylic acids is 1. The molecule has 0 spiro atoms. The van der Waals surface area contributed by atoms with Gasteiger partial charge in [0.15, 0.2) is 0 Å². The van der Waals surface area contributed by atoms with Crippen molar-refractivity contribution in [1.29, 1.82) is 0 Å². The van der Waals surface area contributed by atoms with Gasteiger partial charge in [-0.1, -0.05) is 12.1 Å². The van der Waals surface area contributed by atoms with Crippen LogP contribution in [-0.2, 0) is 11.2 Å². The molecule has 0 aliphatic carbocycles. The predicted octanol–water partition coefficient (Wildman–Crippen LogP) is 1.21. The van der Waals surface area contributed by atoms with Crippen LogP contribution in [0.4, 0.5) is 0 Å². The summed E-state index contributed by atoms with van der Waals surface area (Å²) in [6.45, 7) is 2.03. The Labute approximate surface area is 93.7 Å². The molecule has 2 aromatic rings. The van der Waals surface area contributed by atoms with Crippen molar-refractivity contribution in [2.75, 3.05) is 0 Å². The quantitative estimate of drug-likeness (QED) is 0.836. The molecule has 1 amide bonds. The minimum atomic E-state index is -0.366. The van der Waals surface area contributed by atoms with Crippen LogP contribution in [0.3, 0.4) is 0 Å². The highest BCUT2D eigenvalue weighted by atomic mass is 16.1. The highest BCUT2D eigenvalue weighted by Gasteiger charge is 2.03. The number of imidazole rings is 1. The molecule has 82 valence electrons. The Hall–Kier alpha value is -2.10. The Balaban J connectivity index is 2.28. The number of primary amides is 1. The number of nitrogens with zero attached hydrogens (tertiary/aromatic N) is 2. The van der Waals surface area contributed by atoms with Crippen LogP contribution in [0.5, 0.6) is 0 Å². The molecule has 0 aliphatic rings. The lowest BCUT2D eigenvalue weighted by molar-refractivity contribution is -0.117. The number of benzene rings is 1. The third kappa shape index (κ3) is 2.28. The van der Waals surface area contributed by atoms with Gasteiger partial charge in [0.25, 0.3) is 0 Å². The molecule has 0 aliphatic heterocycles. The van der Waals surface area contributed by atoms with Gasteiger partial charge in [-0.15, -0.1) is 0 Å². The van der Waals surface area contributed by atoms with Gasteiger partial charge in [0.2, 0.25) is 5.91 Å². The minimum absolute atomic E-state index is 0.179. The average molecular weight is 215 g/mol. The summed E-state index contributed by atoms with van der Waals surface area (Å²) in [5, 5.41) is 0. The van der Waals surface area contributed by atoms with E-state index in [4.69, 9.17) is 5.73 Å². The number of rotatable bonds is 3. The Morgan fingerprint density at radius 1 is 1.50 bits per heavy atom. The van der Waals surface area contributed by atoms with Crippen LogP contribution in [-0.4, -0.2) is 15.5 Å². The second-order valence-corrected chi connectivity index (χ2v) is 3.75. The van der Waals surface area contributed by atoms with E-state index >= 15 is 0 Å². The van der Waals surface area contributed by atoms with E-state index in [1.165, 1.54) is 5.56 Å². The highest BCUT2D eigenvalue weighted by Crippen LogP contribution is 2.10. The summed E-state index contributed by atoms with van der Waals surface area (Å²) >= 11 is 0. The van der Waals surface area contributed by atoms with Crippen molar-refractivity contribution < 1.29 is 4.79 Å². The SMILES string of the molecule is Cc1cccc(-n2cnc(CC(N)=O)c2)c1. The Morgan fingerprint density at radius 3 is 3.00 bits per heavy atom. The van der Waals surface area contributed by atoms with E-state index in [1.54, 1.807) is 6.33 Å². The van der Waals surface area contributed by atoms with Crippen LogP contribution < -0.4 is 5.73 Å². The summed E-state index contributed by atoms with van der Waals surface area (Å²) in [6, 6.07) is 8.06. The van der Waals surface area contributed by atoms with Crippen molar-refractivity contribution in [1.82, 2.24) is 9.55 Å². The Bertz CT molecular complexity index is 516. The molecule has 0 fully saturated rings. The third-order valence-corrected chi connectivity index (χ3v) is 2.29. The molecule has 0 saturated carbocycles. The predicted molar refractivity (Wildman–Crippen MR) is 61.2 cm³/mol. The van der Waals surface area contributed by atoms with Crippen LogP contribution in [0.15, 0.2) is 36.8 Å². The van der Waals surface area contributed by atoms with Crippen LogP contribution in [0.2, 0.25) is 0 Å². The molecule has 0 unspecified atom stereocenters. The van der Waals surface area contributed by atoms with E-state index in [0.29, 0.717) is 5.69 Å². The van der Waals surface area contributed by atoms with Crippen molar-refractivity contribution in [2.45, 2.75) is 13.3 Å². The number of hydrogen-bond acceptors (Lipinski definition) is 2. The molecule has 0 saturated heterocycles. The monoisotopic (exact) mass is 215 g/mol. The van der Waals surface area contributed by atoms with Gasteiger partial charge in [0.1, 0.15) is 0 Å². The molecule has 2 N–H and O–H groups in total. The molecule has 4 heteroatoms. The molecule has 1 aromatic heterocycles. The fourth-order valence-corrected chi connectivity index (χ4v) is 1.56. The minimum Gasteiger partial charge on any atom is -0.369 e. The lowest BCUT2D eigenvalue weighted by atomic mass is 10.2. The van der Waals surface area contributed by atoms with Crippen LogP contribution in [0.25, 0.3) is 5.69 Å². The van der Waals surface area contributed by atoms with Crippen LogP contribution in [0, 0.1) is 6.92 Å².